The van der Waals surface area contributed by atoms with Crippen LogP contribution in [0, 0.1) is 6.92 Å². The van der Waals surface area contributed by atoms with E-state index in [0.717, 1.165) is 24.5 Å². The zero-order chi connectivity index (χ0) is 13.9. The third kappa shape index (κ3) is 3.83. The molecule has 1 aliphatic carbocycles. The number of nitrogens with one attached hydrogen (secondary N) is 1. The van der Waals surface area contributed by atoms with Crippen molar-refractivity contribution in [3.05, 3.63) is 17.1 Å². The maximum atomic E-state index is 10.2. The molecule has 1 unspecified atom stereocenters. The number of thioether (sulfide) groups is 1. The molecular formula is C14H23N3OS. The molecule has 2 N–H and O–H groups in total. The minimum atomic E-state index is -0.709. The molecule has 0 radical (unpaired) electrons. The smallest absolute Gasteiger partial charge is 0.133 e. The Bertz CT molecular complexity index is 449. The molecule has 1 aliphatic rings. The van der Waals surface area contributed by atoms with Gasteiger partial charge < -0.3 is 10.4 Å². The van der Waals surface area contributed by atoms with E-state index in [0.29, 0.717) is 12.3 Å². The summed E-state index contributed by atoms with van der Waals surface area (Å²) in [5, 5.41) is 13.5. The van der Waals surface area contributed by atoms with E-state index in [1.807, 2.05) is 20.1 Å². The molecule has 0 saturated carbocycles. The third-order valence-electron chi connectivity index (χ3n) is 3.39. The Labute approximate surface area is 119 Å². The number of anilines is 1. The largest absolute Gasteiger partial charge is 0.387 e. The van der Waals surface area contributed by atoms with E-state index >= 15 is 0 Å². The number of fused-ring (bicyclic) bond motifs is 1. The predicted octanol–water partition coefficient (Wildman–Crippen LogP) is 2.19. The van der Waals surface area contributed by atoms with Crippen LogP contribution in [0.25, 0.3) is 0 Å². The zero-order valence-electron chi connectivity index (χ0n) is 12.0. The summed E-state index contributed by atoms with van der Waals surface area (Å²) in [6, 6.07) is 0. The minimum Gasteiger partial charge on any atom is -0.387 e. The summed E-state index contributed by atoms with van der Waals surface area (Å²) in [7, 11) is 0. The fraction of sp³-hybridized carbons (Fsp3) is 0.714. The number of nitrogens with zero attached hydrogens (tertiary/aromatic N) is 2. The molecule has 0 aliphatic heterocycles. The van der Waals surface area contributed by atoms with E-state index in [-0.39, 0.29) is 0 Å². The van der Waals surface area contributed by atoms with Crippen LogP contribution < -0.4 is 5.32 Å². The van der Waals surface area contributed by atoms with Gasteiger partial charge in [0.1, 0.15) is 11.6 Å². The molecule has 0 bridgehead atoms. The van der Waals surface area contributed by atoms with E-state index in [2.05, 4.69) is 15.3 Å². The molecule has 0 aromatic carbocycles. The summed E-state index contributed by atoms with van der Waals surface area (Å²) in [6.45, 7) is 4.31. The first kappa shape index (κ1) is 14.6. The molecule has 0 saturated heterocycles. The highest BCUT2D eigenvalue weighted by atomic mass is 32.2. The predicted molar refractivity (Wildman–Crippen MR) is 80.9 cm³/mol. The lowest BCUT2D eigenvalue weighted by Gasteiger charge is -2.25. The van der Waals surface area contributed by atoms with Gasteiger partial charge in [0.2, 0.25) is 0 Å². The molecule has 1 aromatic heterocycles. The lowest BCUT2D eigenvalue weighted by molar-refractivity contribution is 0.0996. The SMILES string of the molecule is CSCC(C)(O)CNc1nc(C)nc2c1CCCC2. The minimum absolute atomic E-state index is 0.525. The lowest BCUT2D eigenvalue weighted by Crippen LogP contribution is -2.36. The van der Waals surface area contributed by atoms with Gasteiger partial charge in [0.15, 0.2) is 0 Å². The van der Waals surface area contributed by atoms with Crippen molar-refractivity contribution in [2.75, 3.05) is 23.9 Å². The summed E-state index contributed by atoms with van der Waals surface area (Å²) in [5.74, 6) is 2.45. The molecule has 106 valence electrons. The average Bonchev–Trinajstić information content (AvgIpc) is 2.36. The normalized spacial score (nSPS) is 17.7. The molecule has 1 aromatic rings. The van der Waals surface area contributed by atoms with Crippen molar-refractivity contribution in [2.24, 2.45) is 0 Å². The topological polar surface area (TPSA) is 58.0 Å². The van der Waals surface area contributed by atoms with Crippen LogP contribution in [0.4, 0.5) is 5.82 Å². The van der Waals surface area contributed by atoms with Crippen LogP contribution in [0.15, 0.2) is 0 Å². The first-order chi connectivity index (χ1) is 9.02. The highest BCUT2D eigenvalue weighted by molar-refractivity contribution is 7.98. The van der Waals surface area contributed by atoms with Crippen LogP contribution >= 0.6 is 11.8 Å². The molecular weight excluding hydrogens is 258 g/mol. The van der Waals surface area contributed by atoms with Gasteiger partial charge in [0.05, 0.1) is 5.60 Å². The highest BCUT2D eigenvalue weighted by Crippen LogP contribution is 2.25. The van der Waals surface area contributed by atoms with Gasteiger partial charge >= 0.3 is 0 Å². The number of rotatable bonds is 5. The summed E-state index contributed by atoms with van der Waals surface area (Å²) in [6.07, 6.45) is 6.52. The Morgan fingerprint density at radius 1 is 1.32 bits per heavy atom. The van der Waals surface area contributed by atoms with Crippen molar-refractivity contribution in [3.63, 3.8) is 0 Å². The van der Waals surface area contributed by atoms with E-state index < -0.39 is 5.60 Å². The van der Waals surface area contributed by atoms with Gasteiger partial charge in [-0.3, -0.25) is 0 Å². The van der Waals surface area contributed by atoms with E-state index in [9.17, 15) is 5.11 Å². The van der Waals surface area contributed by atoms with Crippen molar-refractivity contribution < 1.29 is 5.11 Å². The maximum absolute atomic E-state index is 10.2. The molecule has 5 heteroatoms. The van der Waals surface area contributed by atoms with Crippen molar-refractivity contribution >= 4 is 17.6 Å². The molecule has 4 nitrogen and oxygen atoms in total. The van der Waals surface area contributed by atoms with E-state index in [1.54, 1.807) is 11.8 Å². The van der Waals surface area contributed by atoms with Crippen molar-refractivity contribution in [1.82, 2.24) is 9.97 Å². The summed E-state index contributed by atoms with van der Waals surface area (Å²) in [4.78, 5) is 9.05. The first-order valence-electron chi connectivity index (χ1n) is 6.83. The Balaban J connectivity index is 2.14. The molecule has 2 rings (SSSR count). The van der Waals surface area contributed by atoms with Crippen LogP contribution in [0.2, 0.25) is 0 Å². The second kappa shape index (κ2) is 6.09. The van der Waals surface area contributed by atoms with Gasteiger partial charge in [-0.15, -0.1) is 0 Å². The van der Waals surface area contributed by atoms with Gasteiger partial charge in [-0.2, -0.15) is 11.8 Å². The highest BCUT2D eigenvalue weighted by Gasteiger charge is 2.22. The lowest BCUT2D eigenvalue weighted by atomic mass is 9.96. The number of hydrogen-bond acceptors (Lipinski definition) is 5. The van der Waals surface area contributed by atoms with Crippen molar-refractivity contribution in [1.29, 1.82) is 0 Å². The van der Waals surface area contributed by atoms with Gasteiger partial charge in [-0.05, 0) is 45.8 Å². The second-order valence-electron chi connectivity index (χ2n) is 5.54. The van der Waals surface area contributed by atoms with Gasteiger partial charge in [0.25, 0.3) is 0 Å². The number of aromatic nitrogens is 2. The fourth-order valence-corrected chi connectivity index (χ4v) is 3.22. The van der Waals surface area contributed by atoms with Crippen LogP contribution in [0.3, 0.4) is 0 Å². The van der Waals surface area contributed by atoms with Gasteiger partial charge in [0, 0.05) is 23.6 Å². The Kier molecular flexibility index (Phi) is 4.68. The summed E-state index contributed by atoms with van der Waals surface area (Å²) in [5.41, 5.74) is 1.72. The van der Waals surface area contributed by atoms with Crippen molar-refractivity contribution in [3.8, 4) is 0 Å². The van der Waals surface area contributed by atoms with E-state index in [4.69, 9.17) is 0 Å². The number of aliphatic hydroxyl groups is 1. The number of hydrogen-bond donors (Lipinski definition) is 2. The fourth-order valence-electron chi connectivity index (χ4n) is 2.50. The standard InChI is InChI=1S/C14H23N3OS/c1-10-16-12-7-5-4-6-11(12)13(17-10)15-8-14(2,18)9-19-3/h18H,4-9H2,1-3H3,(H,15,16,17). The van der Waals surface area contributed by atoms with Gasteiger partial charge in [-0.1, -0.05) is 0 Å². The quantitative estimate of drug-likeness (QED) is 0.866. The molecule has 0 spiro atoms. The molecule has 1 atom stereocenters. The van der Waals surface area contributed by atoms with Crippen molar-refractivity contribution in [2.45, 2.75) is 45.1 Å². The Morgan fingerprint density at radius 3 is 2.79 bits per heavy atom. The van der Waals surface area contributed by atoms with E-state index in [1.165, 1.54) is 24.1 Å². The zero-order valence-corrected chi connectivity index (χ0v) is 12.8. The Hall–Kier alpha value is -0.810. The molecule has 0 fully saturated rings. The van der Waals surface area contributed by atoms with Crippen LogP contribution in [0.1, 0.15) is 36.8 Å². The molecule has 19 heavy (non-hydrogen) atoms. The molecule has 0 amide bonds. The van der Waals surface area contributed by atoms with Crippen LogP contribution in [-0.2, 0) is 12.8 Å². The Morgan fingerprint density at radius 2 is 2.05 bits per heavy atom. The molecule has 1 heterocycles. The third-order valence-corrected chi connectivity index (χ3v) is 4.30. The number of aryl methyl sites for hydroxylation is 2. The van der Waals surface area contributed by atoms with Crippen LogP contribution in [-0.4, -0.2) is 39.2 Å². The average molecular weight is 281 g/mol. The first-order valence-corrected chi connectivity index (χ1v) is 8.23. The van der Waals surface area contributed by atoms with Gasteiger partial charge in [-0.25, -0.2) is 9.97 Å². The monoisotopic (exact) mass is 281 g/mol. The summed E-state index contributed by atoms with van der Waals surface area (Å²) >= 11 is 1.65. The summed E-state index contributed by atoms with van der Waals surface area (Å²) < 4.78 is 0. The maximum Gasteiger partial charge on any atom is 0.133 e. The second-order valence-corrected chi connectivity index (χ2v) is 6.40. The van der Waals surface area contributed by atoms with Crippen LogP contribution in [0.5, 0.6) is 0 Å².